The Morgan fingerprint density at radius 3 is 2.62 bits per heavy atom. The van der Waals surface area contributed by atoms with E-state index in [1.54, 1.807) is 17.9 Å². The summed E-state index contributed by atoms with van der Waals surface area (Å²) in [6.45, 7) is 4.64. The minimum Gasteiger partial charge on any atom is -0.335 e. The number of likely N-dealkylation sites (tertiary alicyclic amines) is 1. The molecule has 16 heavy (non-hydrogen) atoms. The molecule has 1 amide bonds. The fourth-order valence-electron chi connectivity index (χ4n) is 1.93. The predicted molar refractivity (Wildman–Crippen MR) is 59.6 cm³/mol. The van der Waals surface area contributed by atoms with Crippen molar-refractivity contribution in [3.8, 4) is 0 Å². The second-order valence-electron chi connectivity index (χ2n) is 4.80. The van der Waals surface area contributed by atoms with E-state index in [0.29, 0.717) is 13.1 Å². The van der Waals surface area contributed by atoms with Crippen molar-refractivity contribution in [1.82, 2.24) is 4.90 Å². The first-order valence-electron chi connectivity index (χ1n) is 5.23. The third-order valence-corrected chi connectivity index (χ3v) is 2.75. The minimum atomic E-state index is -0.462. The van der Waals surface area contributed by atoms with E-state index in [2.05, 4.69) is 0 Å². The number of nitrogens with two attached hydrogens (primary N) is 1. The van der Waals surface area contributed by atoms with Gasteiger partial charge in [0.05, 0.1) is 5.56 Å². The van der Waals surface area contributed by atoms with Gasteiger partial charge in [-0.1, -0.05) is 6.07 Å². The van der Waals surface area contributed by atoms with Crippen molar-refractivity contribution in [1.29, 1.82) is 0 Å². The molecule has 1 heterocycles. The molecule has 1 aliphatic heterocycles. The van der Waals surface area contributed by atoms with E-state index in [1.165, 1.54) is 12.1 Å². The van der Waals surface area contributed by atoms with E-state index in [9.17, 15) is 9.18 Å². The molecule has 1 aromatic carbocycles. The summed E-state index contributed by atoms with van der Waals surface area (Å²) >= 11 is 0. The summed E-state index contributed by atoms with van der Waals surface area (Å²) in [5, 5.41) is 0. The van der Waals surface area contributed by atoms with E-state index in [-0.39, 0.29) is 17.0 Å². The summed E-state index contributed by atoms with van der Waals surface area (Å²) in [5.41, 5.74) is 6.41. The van der Waals surface area contributed by atoms with Crippen molar-refractivity contribution in [2.75, 3.05) is 13.1 Å². The molecule has 86 valence electrons. The quantitative estimate of drug-likeness (QED) is 0.778. The highest BCUT2D eigenvalue weighted by Crippen LogP contribution is 2.21. The van der Waals surface area contributed by atoms with Gasteiger partial charge in [0.15, 0.2) is 0 Å². The van der Waals surface area contributed by atoms with Crippen LogP contribution >= 0.6 is 0 Å². The maximum atomic E-state index is 13.5. The van der Waals surface area contributed by atoms with E-state index >= 15 is 0 Å². The Balaban J connectivity index is 2.16. The number of hydrogen-bond donors (Lipinski definition) is 1. The van der Waals surface area contributed by atoms with Gasteiger partial charge in [0.25, 0.3) is 5.91 Å². The van der Waals surface area contributed by atoms with Crippen molar-refractivity contribution in [2.24, 2.45) is 5.73 Å². The predicted octanol–water partition coefficient (Wildman–Crippen LogP) is 1.31. The number of aryl methyl sites for hydroxylation is 1. The first-order chi connectivity index (χ1) is 7.39. The first kappa shape index (κ1) is 11.1. The molecule has 1 aromatic rings. The summed E-state index contributed by atoms with van der Waals surface area (Å²) in [6.07, 6.45) is 0. The molecule has 0 spiro atoms. The Bertz CT molecular complexity index is 435. The lowest BCUT2D eigenvalue weighted by atomic mass is 9.93. The van der Waals surface area contributed by atoms with Crippen LogP contribution in [0.2, 0.25) is 0 Å². The van der Waals surface area contributed by atoms with Crippen molar-refractivity contribution in [2.45, 2.75) is 19.4 Å². The molecule has 0 saturated carbocycles. The smallest absolute Gasteiger partial charge is 0.256 e. The molecule has 3 nitrogen and oxygen atoms in total. The Kier molecular flexibility index (Phi) is 2.46. The molecule has 4 heteroatoms. The van der Waals surface area contributed by atoms with Gasteiger partial charge in [0.1, 0.15) is 5.82 Å². The van der Waals surface area contributed by atoms with Crippen molar-refractivity contribution >= 4 is 5.91 Å². The van der Waals surface area contributed by atoms with Crippen LogP contribution in [-0.4, -0.2) is 29.4 Å². The number of nitrogens with zero attached hydrogens (tertiary/aromatic N) is 1. The average Bonchev–Trinajstić information content (AvgIpc) is 2.13. The van der Waals surface area contributed by atoms with Gasteiger partial charge in [-0.05, 0) is 31.5 Å². The van der Waals surface area contributed by atoms with Gasteiger partial charge >= 0.3 is 0 Å². The van der Waals surface area contributed by atoms with E-state index < -0.39 is 5.82 Å². The van der Waals surface area contributed by atoms with Crippen LogP contribution in [0.15, 0.2) is 18.2 Å². The van der Waals surface area contributed by atoms with Crippen molar-refractivity contribution in [3.63, 3.8) is 0 Å². The number of halogens is 1. The molecule has 2 N–H and O–H groups in total. The third kappa shape index (κ3) is 1.93. The van der Waals surface area contributed by atoms with E-state index in [1.807, 2.05) is 6.92 Å². The maximum Gasteiger partial charge on any atom is 0.256 e. The van der Waals surface area contributed by atoms with Crippen LogP contribution in [0, 0.1) is 12.7 Å². The SMILES string of the molecule is Cc1ccc(C(=O)N2CC(C)(N)C2)c(F)c1. The highest BCUT2D eigenvalue weighted by atomic mass is 19.1. The summed E-state index contributed by atoms with van der Waals surface area (Å²) in [4.78, 5) is 13.4. The van der Waals surface area contributed by atoms with Crippen LogP contribution in [0.25, 0.3) is 0 Å². The van der Waals surface area contributed by atoms with Crippen LogP contribution in [0.5, 0.6) is 0 Å². The highest BCUT2D eigenvalue weighted by Gasteiger charge is 2.38. The lowest BCUT2D eigenvalue weighted by molar-refractivity contribution is 0.0449. The molecule has 0 unspecified atom stereocenters. The minimum absolute atomic E-state index is 0.126. The zero-order valence-electron chi connectivity index (χ0n) is 9.46. The van der Waals surface area contributed by atoms with Gasteiger partial charge in [-0.15, -0.1) is 0 Å². The second kappa shape index (κ2) is 3.56. The Hall–Kier alpha value is -1.42. The van der Waals surface area contributed by atoms with Crippen LogP contribution in [-0.2, 0) is 0 Å². The van der Waals surface area contributed by atoms with Gasteiger partial charge < -0.3 is 10.6 Å². The normalized spacial score (nSPS) is 18.1. The van der Waals surface area contributed by atoms with Crippen molar-refractivity contribution < 1.29 is 9.18 Å². The number of carbonyl (C=O) groups is 1. The maximum absolute atomic E-state index is 13.5. The number of hydrogen-bond acceptors (Lipinski definition) is 2. The molecule has 0 bridgehead atoms. The van der Waals surface area contributed by atoms with Gasteiger partial charge in [0, 0.05) is 18.6 Å². The zero-order valence-corrected chi connectivity index (χ0v) is 9.46. The van der Waals surface area contributed by atoms with Crippen LogP contribution < -0.4 is 5.73 Å². The summed E-state index contributed by atoms with van der Waals surface area (Å²) in [5.74, 6) is -0.740. The first-order valence-corrected chi connectivity index (χ1v) is 5.23. The molecule has 2 rings (SSSR count). The molecule has 1 saturated heterocycles. The largest absolute Gasteiger partial charge is 0.335 e. The van der Waals surface area contributed by atoms with Gasteiger partial charge in [-0.3, -0.25) is 4.79 Å². The van der Waals surface area contributed by atoms with E-state index in [0.717, 1.165) is 5.56 Å². The monoisotopic (exact) mass is 222 g/mol. The lowest BCUT2D eigenvalue weighted by Crippen LogP contribution is -2.66. The van der Waals surface area contributed by atoms with Gasteiger partial charge in [0.2, 0.25) is 0 Å². The van der Waals surface area contributed by atoms with Gasteiger partial charge in [-0.2, -0.15) is 0 Å². The number of rotatable bonds is 1. The number of benzene rings is 1. The average molecular weight is 222 g/mol. The highest BCUT2D eigenvalue weighted by molar-refractivity contribution is 5.95. The molecule has 0 atom stereocenters. The Morgan fingerprint density at radius 2 is 2.12 bits per heavy atom. The van der Waals surface area contributed by atoms with E-state index in [4.69, 9.17) is 5.73 Å². The molecular formula is C12H15FN2O. The fraction of sp³-hybridized carbons (Fsp3) is 0.417. The Morgan fingerprint density at radius 1 is 1.50 bits per heavy atom. The molecule has 1 fully saturated rings. The van der Waals surface area contributed by atoms with Crippen LogP contribution in [0.4, 0.5) is 4.39 Å². The molecular weight excluding hydrogens is 207 g/mol. The molecule has 0 aromatic heterocycles. The molecule has 1 aliphatic rings. The lowest BCUT2D eigenvalue weighted by Gasteiger charge is -2.45. The number of carbonyl (C=O) groups excluding carboxylic acids is 1. The van der Waals surface area contributed by atoms with Crippen LogP contribution in [0.1, 0.15) is 22.8 Å². The number of amides is 1. The van der Waals surface area contributed by atoms with Gasteiger partial charge in [-0.25, -0.2) is 4.39 Å². The zero-order chi connectivity index (χ0) is 11.9. The topological polar surface area (TPSA) is 46.3 Å². The third-order valence-electron chi connectivity index (χ3n) is 2.75. The molecule has 0 aliphatic carbocycles. The second-order valence-corrected chi connectivity index (χ2v) is 4.80. The fourth-order valence-corrected chi connectivity index (χ4v) is 1.93. The van der Waals surface area contributed by atoms with Crippen LogP contribution in [0.3, 0.4) is 0 Å². The standard InChI is InChI=1S/C12H15FN2O/c1-8-3-4-9(10(13)5-8)11(16)15-6-12(2,14)7-15/h3-5H,6-7,14H2,1-2H3. The summed E-state index contributed by atoms with van der Waals surface area (Å²) in [7, 11) is 0. The molecule has 0 radical (unpaired) electrons. The Labute approximate surface area is 94.0 Å². The summed E-state index contributed by atoms with van der Waals surface area (Å²) in [6, 6.07) is 4.63. The summed E-state index contributed by atoms with van der Waals surface area (Å²) < 4.78 is 13.5. The van der Waals surface area contributed by atoms with Crippen molar-refractivity contribution in [3.05, 3.63) is 35.1 Å².